The molecule has 314 valence electrons. The van der Waals surface area contributed by atoms with Gasteiger partial charge in [0.15, 0.2) is 0 Å². The fourth-order valence-electron chi connectivity index (χ4n) is 11.6. The molecule has 1 nitrogen and oxygen atoms in total. The van der Waals surface area contributed by atoms with E-state index >= 15 is 0 Å². The van der Waals surface area contributed by atoms with Crippen molar-refractivity contribution >= 4 is 45.1 Å². The zero-order valence-electron chi connectivity index (χ0n) is 37.6. The molecule has 8 aromatic rings. The summed E-state index contributed by atoms with van der Waals surface area (Å²) in [5, 5.41) is 5.51. The first kappa shape index (κ1) is 39.4. The van der Waals surface area contributed by atoms with Crippen molar-refractivity contribution < 1.29 is 0 Å². The standard InChI is InChI=1S/C64H53N/c1-42-27-32-48(33-28-42)65(49-34-29-43(30-35-49)47-31-37-53-52-24-15-16-26-59(52)64(2,3)60(53)39-47)50-36-38-55-58(40-50)51-23-13-14-25-54(51)62-57(45-19-9-5-10-20-45)41-56(44-17-7-4-8-18-44)61(63(55)62)46-21-11-6-12-22-46/h5-7,9-12,14-22,24-40,56H,4,8,13,23,41H2,1-3H3. The van der Waals surface area contributed by atoms with Crippen LogP contribution in [-0.2, 0) is 11.8 Å². The molecule has 0 fully saturated rings. The van der Waals surface area contributed by atoms with E-state index in [4.69, 9.17) is 0 Å². The van der Waals surface area contributed by atoms with Crippen molar-refractivity contribution in [1.29, 1.82) is 0 Å². The van der Waals surface area contributed by atoms with Crippen molar-refractivity contribution in [3.8, 4) is 22.3 Å². The van der Waals surface area contributed by atoms with E-state index in [1.54, 1.807) is 0 Å². The summed E-state index contributed by atoms with van der Waals surface area (Å²) in [4.78, 5) is 2.46. The highest BCUT2D eigenvalue weighted by molar-refractivity contribution is 5.99. The Morgan fingerprint density at radius 2 is 1.17 bits per heavy atom. The SMILES string of the molecule is Cc1ccc(N(c2ccc(-c3ccc4c(c3)C(C)(C)c3ccccc3-4)cc2)c2ccc3c4c(c5c(c3c2)CCC=C5)=C(c2ccccc2)CC(C2=CCCC=C2)C=4c2ccccc2)cc1. The predicted octanol–water partition coefficient (Wildman–Crippen LogP) is 15.2. The molecule has 0 amide bonds. The maximum absolute atomic E-state index is 2.51. The number of hydrogen-bond donors (Lipinski definition) is 0. The molecule has 0 N–H and O–H groups in total. The third-order valence-electron chi connectivity index (χ3n) is 14.8. The number of fused-ring (bicyclic) bond motifs is 9. The van der Waals surface area contributed by atoms with E-state index in [1.807, 2.05) is 0 Å². The molecule has 65 heavy (non-hydrogen) atoms. The highest BCUT2D eigenvalue weighted by Gasteiger charge is 2.35. The molecule has 8 aromatic carbocycles. The summed E-state index contributed by atoms with van der Waals surface area (Å²) in [6.07, 6.45) is 17.4. The average molecular weight is 836 g/mol. The summed E-state index contributed by atoms with van der Waals surface area (Å²) < 4.78 is 0. The molecule has 0 saturated heterocycles. The molecule has 1 heteroatoms. The summed E-state index contributed by atoms with van der Waals surface area (Å²) in [5.74, 6) is 0.236. The molecule has 0 aliphatic heterocycles. The van der Waals surface area contributed by atoms with Gasteiger partial charge in [-0.05, 0) is 175 Å². The van der Waals surface area contributed by atoms with Gasteiger partial charge in [-0.2, -0.15) is 0 Å². The van der Waals surface area contributed by atoms with Crippen LogP contribution in [0.15, 0.2) is 200 Å². The Bertz CT molecular complexity index is 3400. The molecule has 1 unspecified atom stereocenters. The Balaban J connectivity index is 1.07. The second-order valence-electron chi connectivity index (χ2n) is 19.0. The molecule has 0 radical (unpaired) electrons. The smallest absolute Gasteiger partial charge is 0.0468 e. The monoisotopic (exact) mass is 835 g/mol. The van der Waals surface area contributed by atoms with Gasteiger partial charge < -0.3 is 4.90 Å². The van der Waals surface area contributed by atoms with E-state index in [2.05, 4.69) is 226 Å². The Kier molecular flexibility index (Phi) is 9.56. The van der Waals surface area contributed by atoms with E-state index < -0.39 is 0 Å². The van der Waals surface area contributed by atoms with Crippen LogP contribution in [0.3, 0.4) is 0 Å². The summed E-state index contributed by atoms with van der Waals surface area (Å²) in [6.45, 7) is 6.90. The second kappa shape index (κ2) is 15.8. The number of hydrogen-bond acceptors (Lipinski definition) is 1. The van der Waals surface area contributed by atoms with Gasteiger partial charge in [0.1, 0.15) is 0 Å². The van der Waals surface area contributed by atoms with E-state index in [-0.39, 0.29) is 11.3 Å². The summed E-state index contributed by atoms with van der Waals surface area (Å²) in [5.41, 5.74) is 22.5. The molecular formula is C64H53N. The molecule has 0 heterocycles. The van der Waals surface area contributed by atoms with Crippen molar-refractivity contribution in [2.75, 3.05) is 4.90 Å². The highest BCUT2D eigenvalue weighted by atomic mass is 15.1. The lowest BCUT2D eigenvalue weighted by Gasteiger charge is -2.32. The molecule has 1 atom stereocenters. The van der Waals surface area contributed by atoms with Crippen LogP contribution < -0.4 is 15.3 Å². The van der Waals surface area contributed by atoms with Gasteiger partial charge in [-0.15, -0.1) is 0 Å². The Morgan fingerprint density at radius 3 is 1.92 bits per heavy atom. The zero-order valence-corrected chi connectivity index (χ0v) is 37.6. The molecule has 12 rings (SSSR count). The predicted molar refractivity (Wildman–Crippen MR) is 275 cm³/mol. The molecule has 0 bridgehead atoms. The molecule has 4 aliphatic rings. The summed E-state index contributed by atoms with van der Waals surface area (Å²) in [6, 6.07) is 64.1. The van der Waals surface area contributed by atoms with Gasteiger partial charge >= 0.3 is 0 Å². The Hall–Kier alpha value is -7.22. The lowest BCUT2D eigenvalue weighted by molar-refractivity contribution is 0.660. The third kappa shape index (κ3) is 6.59. The normalized spacial score (nSPS) is 16.7. The number of benzene rings is 8. The number of allylic oxidation sites excluding steroid dienone is 5. The van der Waals surface area contributed by atoms with Crippen molar-refractivity contribution in [2.45, 2.75) is 58.3 Å². The lowest BCUT2D eigenvalue weighted by atomic mass is 9.72. The van der Waals surface area contributed by atoms with Crippen LogP contribution in [0.2, 0.25) is 0 Å². The topological polar surface area (TPSA) is 3.24 Å². The fourth-order valence-corrected chi connectivity index (χ4v) is 11.6. The van der Waals surface area contributed by atoms with Crippen LogP contribution in [-0.4, -0.2) is 0 Å². The van der Waals surface area contributed by atoms with Gasteiger partial charge in [-0.1, -0.05) is 177 Å². The third-order valence-corrected chi connectivity index (χ3v) is 14.8. The molecule has 0 saturated carbocycles. The van der Waals surface area contributed by atoms with Gasteiger partial charge in [-0.25, -0.2) is 0 Å². The van der Waals surface area contributed by atoms with Crippen molar-refractivity contribution in [3.63, 3.8) is 0 Å². The first-order valence-corrected chi connectivity index (χ1v) is 23.6. The highest BCUT2D eigenvalue weighted by Crippen LogP contribution is 2.50. The van der Waals surface area contributed by atoms with Crippen LogP contribution in [0.5, 0.6) is 0 Å². The van der Waals surface area contributed by atoms with E-state index in [9.17, 15) is 0 Å². The molecular weight excluding hydrogens is 783 g/mol. The molecule has 0 aromatic heterocycles. The first-order valence-electron chi connectivity index (χ1n) is 23.6. The lowest BCUT2D eigenvalue weighted by Crippen LogP contribution is -2.40. The second-order valence-corrected chi connectivity index (χ2v) is 19.0. The van der Waals surface area contributed by atoms with Crippen molar-refractivity contribution in [1.82, 2.24) is 0 Å². The van der Waals surface area contributed by atoms with Crippen LogP contribution in [0.25, 0.3) is 50.2 Å². The minimum Gasteiger partial charge on any atom is -0.310 e. The van der Waals surface area contributed by atoms with Crippen LogP contribution >= 0.6 is 0 Å². The number of anilines is 3. The van der Waals surface area contributed by atoms with Crippen molar-refractivity contribution in [3.05, 3.63) is 249 Å². The fraction of sp³-hybridized carbons (Fsp3) is 0.156. The maximum Gasteiger partial charge on any atom is 0.0468 e. The number of nitrogens with zero attached hydrogens (tertiary/aromatic N) is 1. The first-order chi connectivity index (χ1) is 31.9. The average Bonchev–Trinajstić information content (AvgIpc) is 3.60. The minimum absolute atomic E-state index is 0.0414. The largest absolute Gasteiger partial charge is 0.310 e. The van der Waals surface area contributed by atoms with Gasteiger partial charge in [0.2, 0.25) is 0 Å². The van der Waals surface area contributed by atoms with E-state index in [0.717, 1.165) is 43.5 Å². The van der Waals surface area contributed by atoms with Gasteiger partial charge in [0, 0.05) is 28.4 Å². The zero-order chi connectivity index (χ0) is 43.6. The van der Waals surface area contributed by atoms with E-state index in [0.29, 0.717) is 0 Å². The number of rotatable bonds is 7. The summed E-state index contributed by atoms with van der Waals surface area (Å²) >= 11 is 0. The Labute approximate surface area is 383 Å². The minimum atomic E-state index is -0.0414. The van der Waals surface area contributed by atoms with Crippen LogP contribution in [0.1, 0.15) is 78.5 Å². The summed E-state index contributed by atoms with van der Waals surface area (Å²) in [7, 11) is 0. The van der Waals surface area contributed by atoms with Gasteiger partial charge in [0.05, 0.1) is 0 Å². The Morgan fingerprint density at radius 1 is 0.508 bits per heavy atom. The van der Waals surface area contributed by atoms with Gasteiger partial charge in [-0.3, -0.25) is 0 Å². The molecule has 0 spiro atoms. The van der Waals surface area contributed by atoms with Gasteiger partial charge in [0.25, 0.3) is 0 Å². The van der Waals surface area contributed by atoms with Crippen LogP contribution in [0.4, 0.5) is 17.1 Å². The molecule has 4 aliphatic carbocycles. The van der Waals surface area contributed by atoms with Crippen molar-refractivity contribution in [2.24, 2.45) is 5.92 Å². The maximum atomic E-state index is 2.51. The number of aryl methyl sites for hydroxylation is 2. The van der Waals surface area contributed by atoms with E-state index in [1.165, 1.54) is 105 Å². The quantitative estimate of drug-likeness (QED) is 0.155. The van der Waals surface area contributed by atoms with Crippen LogP contribution in [0, 0.1) is 12.8 Å².